The monoisotopic (exact) mass is 289 g/mol. The third-order valence-corrected chi connectivity index (χ3v) is 8.35. The topological polar surface area (TPSA) is 60.3 Å². The zero-order valence-electron chi connectivity index (χ0n) is 13.1. The van der Waals surface area contributed by atoms with E-state index in [9.17, 15) is 0 Å². The molecular formula is C13H27NO4Si. The van der Waals surface area contributed by atoms with Crippen LogP contribution < -0.4 is 0 Å². The summed E-state index contributed by atoms with van der Waals surface area (Å²) in [7, 11) is -1.81. The van der Waals surface area contributed by atoms with E-state index in [0.29, 0.717) is 6.61 Å². The van der Waals surface area contributed by atoms with E-state index in [1.165, 1.54) is 6.21 Å². The van der Waals surface area contributed by atoms with E-state index in [1.54, 1.807) is 0 Å². The Bertz CT molecular complexity index is 336. The Morgan fingerprint density at radius 3 is 2.37 bits per heavy atom. The molecule has 6 heteroatoms. The lowest BCUT2D eigenvalue weighted by molar-refractivity contribution is -0.144. The van der Waals surface area contributed by atoms with Crippen molar-refractivity contribution in [1.29, 1.82) is 0 Å². The average Bonchev–Trinajstić information content (AvgIpc) is 2.49. The first-order chi connectivity index (χ1) is 8.48. The Morgan fingerprint density at radius 1 is 1.32 bits per heavy atom. The standard InChI is InChI=1S/C13H27NO4Si/c1-12(2,3)19(6,7)16-9-11-10(8-14-15)17-13(4,5)18-11/h8,10-11,15H,9H2,1-7H3/b14-8+/t10-,11+/m0/s1. The van der Waals surface area contributed by atoms with Crippen LogP contribution in [0, 0.1) is 0 Å². The highest BCUT2D eigenvalue weighted by Gasteiger charge is 2.43. The van der Waals surface area contributed by atoms with Gasteiger partial charge < -0.3 is 19.1 Å². The molecule has 1 aliphatic heterocycles. The molecule has 1 heterocycles. The third-order valence-electron chi connectivity index (χ3n) is 3.85. The zero-order valence-corrected chi connectivity index (χ0v) is 14.1. The van der Waals surface area contributed by atoms with Gasteiger partial charge in [0.1, 0.15) is 12.2 Å². The number of oxime groups is 1. The molecular weight excluding hydrogens is 262 g/mol. The average molecular weight is 289 g/mol. The van der Waals surface area contributed by atoms with Crippen molar-refractivity contribution >= 4 is 14.5 Å². The van der Waals surface area contributed by atoms with Crippen molar-refractivity contribution in [3.05, 3.63) is 0 Å². The molecule has 0 spiro atoms. The zero-order chi connectivity index (χ0) is 14.9. The minimum absolute atomic E-state index is 0.155. The second-order valence-electron chi connectivity index (χ2n) is 6.97. The predicted molar refractivity (Wildman–Crippen MR) is 77.3 cm³/mol. The Labute approximate surface area is 117 Å². The number of rotatable bonds is 4. The highest BCUT2D eigenvalue weighted by Crippen LogP contribution is 2.37. The van der Waals surface area contributed by atoms with Crippen molar-refractivity contribution in [3.8, 4) is 0 Å². The van der Waals surface area contributed by atoms with Crippen LogP contribution in [0.5, 0.6) is 0 Å². The Hall–Kier alpha value is -0.433. The number of hydrogen-bond donors (Lipinski definition) is 1. The SMILES string of the molecule is CC1(C)O[C@@H](/C=N/O)[C@@H](CO[Si](C)(C)C(C)(C)C)O1. The minimum atomic E-state index is -1.81. The van der Waals surface area contributed by atoms with E-state index >= 15 is 0 Å². The summed E-state index contributed by atoms with van der Waals surface area (Å²) in [5.41, 5.74) is 0. The van der Waals surface area contributed by atoms with Crippen LogP contribution in [0.2, 0.25) is 18.1 Å². The van der Waals surface area contributed by atoms with E-state index < -0.39 is 14.1 Å². The first kappa shape index (κ1) is 16.6. The van der Waals surface area contributed by atoms with Crippen molar-refractivity contribution in [1.82, 2.24) is 0 Å². The Balaban J connectivity index is 2.66. The summed E-state index contributed by atoms with van der Waals surface area (Å²) in [6.45, 7) is 15.1. The van der Waals surface area contributed by atoms with E-state index in [4.69, 9.17) is 19.1 Å². The second-order valence-corrected chi connectivity index (χ2v) is 11.8. The van der Waals surface area contributed by atoms with Crippen LogP contribution >= 0.6 is 0 Å². The largest absolute Gasteiger partial charge is 0.414 e. The van der Waals surface area contributed by atoms with E-state index in [2.05, 4.69) is 39.0 Å². The molecule has 0 aromatic rings. The van der Waals surface area contributed by atoms with Gasteiger partial charge in [-0.05, 0) is 32.0 Å². The van der Waals surface area contributed by atoms with Crippen LogP contribution in [0.4, 0.5) is 0 Å². The molecule has 0 saturated carbocycles. The summed E-state index contributed by atoms with van der Waals surface area (Å²) in [4.78, 5) is 0. The lowest BCUT2D eigenvalue weighted by Gasteiger charge is -2.37. The smallest absolute Gasteiger partial charge is 0.192 e. The predicted octanol–water partition coefficient (Wildman–Crippen LogP) is 2.99. The van der Waals surface area contributed by atoms with Crippen molar-refractivity contribution < 1.29 is 19.1 Å². The van der Waals surface area contributed by atoms with Crippen molar-refractivity contribution in [2.75, 3.05) is 6.61 Å². The van der Waals surface area contributed by atoms with Gasteiger partial charge in [0.25, 0.3) is 0 Å². The molecule has 0 aromatic heterocycles. The van der Waals surface area contributed by atoms with E-state index in [1.807, 2.05) is 13.8 Å². The summed E-state index contributed by atoms with van der Waals surface area (Å²) in [5, 5.41) is 11.9. The summed E-state index contributed by atoms with van der Waals surface area (Å²) in [5.74, 6) is -0.673. The molecule has 1 rings (SSSR count). The fourth-order valence-electron chi connectivity index (χ4n) is 1.69. The van der Waals surface area contributed by atoms with E-state index in [0.717, 1.165) is 0 Å². The van der Waals surface area contributed by atoms with Crippen LogP contribution in [0.15, 0.2) is 5.16 Å². The maximum Gasteiger partial charge on any atom is 0.192 e. The van der Waals surface area contributed by atoms with E-state index in [-0.39, 0.29) is 17.2 Å². The van der Waals surface area contributed by atoms with Gasteiger partial charge in [-0.2, -0.15) is 0 Å². The first-order valence-electron chi connectivity index (χ1n) is 6.66. The van der Waals surface area contributed by atoms with Gasteiger partial charge in [0.2, 0.25) is 0 Å². The highest BCUT2D eigenvalue weighted by atomic mass is 28.4. The molecule has 0 radical (unpaired) electrons. The molecule has 0 unspecified atom stereocenters. The van der Waals surface area contributed by atoms with Crippen LogP contribution in [0.3, 0.4) is 0 Å². The van der Waals surface area contributed by atoms with Crippen molar-refractivity contribution in [3.63, 3.8) is 0 Å². The maximum absolute atomic E-state index is 8.67. The normalized spacial score (nSPS) is 28.2. The van der Waals surface area contributed by atoms with Gasteiger partial charge in [-0.25, -0.2) is 0 Å². The molecule has 0 aromatic carbocycles. The van der Waals surface area contributed by atoms with Crippen molar-refractivity contribution in [2.24, 2.45) is 5.16 Å². The van der Waals surface area contributed by atoms with Crippen LogP contribution in [0.25, 0.3) is 0 Å². The third kappa shape index (κ3) is 4.27. The van der Waals surface area contributed by atoms with Crippen LogP contribution in [-0.2, 0) is 13.9 Å². The fraction of sp³-hybridized carbons (Fsp3) is 0.923. The minimum Gasteiger partial charge on any atom is -0.414 e. The van der Waals surface area contributed by atoms with Gasteiger partial charge in [0.15, 0.2) is 14.1 Å². The quantitative estimate of drug-likeness (QED) is 0.374. The van der Waals surface area contributed by atoms with Gasteiger partial charge in [-0.3, -0.25) is 0 Å². The highest BCUT2D eigenvalue weighted by molar-refractivity contribution is 6.74. The summed E-state index contributed by atoms with van der Waals surface area (Å²) >= 11 is 0. The maximum atomic E-state index is 8.67. The molecule has 0 bridgehead atoms. The molecule has 19 heavy (non-hydrogen) atoms. The summed E-state index contributed by atoms with van der Waals surface area (Å²) < 4.78 is 17.6. The number of ether oxygens (including phenoxy) is 2. The first-order valence-corrected chi connectivity index (χ1v) is 9.56. The number of hydrogen-bond acceptors (Lipinski definition) is 5. The Morgan fingerprint density at radius 2 is 1.89 bits per heavy atom. The molecule has 1 N–H and O–H groups in total. The molecule has 0 aliphatic carbocycles. The molecule has 5 nitrogen and oxygen atoms in total. The fourth-order valence-corrected chi connectivity index (χ4v) is 2.70. The molecule has 1 fully saturated rings. The van der Waals surface area contributed by atoms with Crippen LogP contribution in [-0.4, -0.2) is 44.3 Å². The van der Waals surface area contributed by atoms with Crippen LogP contribution in [0.1, 0.15) is 34.6 Å². The Kier molecular flexibility index (Phi) is 4.82. The van der Waals surface area contributed by atoms with Crippen molar-refractivity contribution in [2.45, 2.75) is 70.7 Å². The lowest BCUT2D eigenvalue weighted by atomic mass is 10.2. The number of nitrogens with zero attached hydrogens (tertiary/aromatic N) is 1. The summed E-state index contributed by atoms with van der Waals surface area (Å²) in [6.07, 6.45) is 0.749. The molecule has 1 aliphatic rings. The molecule has 2 atom stereocenters. The molecule has 1 saturated heterocycles. The van der Waals surface area contributed by atoms with Gasteiger partial charge in [-0.1, -0.05) is 25.9 Å². The van der Waals surface area contributed by atoms with Gasteiger partial charge in [0, 0.05) is 0 Å². The molecule has 112 valence electrons. The van der Waals surface area contributed by atoms with Gasteiger partial charge >= 0.3 is 0 Å². The molecule has 0 amide bonds. The van der Waals surface area contributed by atoms with Gasteiger partial charge in [0.05, 0.1) is 12.8 Å². The lowest BCUT2D eigenvalue weighted by Crippen LogP contribution is -2.44. The van der Waals surface area contributed by atoms with Gasteiger partial charge in [-0.15, -0.1) is 0 Å². The summed E-state index contributed by atoms with van der Waals surface area (Å²) in [6, 6.07) is 0. The second kappa shape index (κ2) is 5.52.